The second kappa shape index (κ2) is 17.5. The Kier molecular flexibility index (Phi) is 16.6. The number of unbranched alkanes of at least 4 members (excludes halogenated alkanes) is 1. The molecular formula is C28H56O7S2Si5. The molecule has 42 heavy (non-hydrogen) atoms. The summed E-state index contributed by atoms with van der Waals surface area (Å²) in [6, 6.07) is 9.47. The van der Waals surface area contributed by atoms with Gasteiger partial charge in [0.05, 0.1) is 18.8 Å². The van der Waals surface area contributed by atoms with E-state index in [1.165, 1.54) is 24.6 Å². The normalized spacial score (nSPS) is 13.2. The first-order valence-electron chi connectivity index (χ1n) is 15.1. The molecule has 0 aliphatic rings. The molecule has 0 radical (unpaired) electrons. The van der Waals surface area contributed by atoms with E-state index in [0.29, 0.717) is 28.9 Å². The molecule has 14 heteroatoms. The van der Waals surface area contributed by atoms with Gasteiger partial charge in [0.1, 0.15) is 0 Å². The topological polar surface area (TPSA) is 72.5 Å². The van der Waals surface area contributed by atoms with E-state index in [1.54, 1.807) is 12.1 Å². The van der Waals surface area contributed by atoms with Crippen LogP contribution in [0.5, 0.6) is 0 Å². The van der Waals surface area contributed by atoms with Crippen molar-refractivity contribution in [2.75, 3.05) is 13.2 Å². The van der Waals surface area contributed by atoms with Gasteiger partial charge in [-0.25, -0.2) is 4.79 Å². The van der Waals surface area contributed by atoms with Crippen LogP contribution in [0.3, 0.4) is 0 Å². The summed E-state index contributed by atoms with van der Waals surface area (Å²) in [4.78, 5) is 12.6. The lowest BCUT2D eigenvalue weighted by Crippen LogP contribution is -2.58. The second-order valence-corrected chi connectivity index (χ2v) is 34.4. The zero-order chi connectivity index (χ0) is 32.2. The Morgan fingerprint density at radius 3 is 1.67 bits per heavy atom. The molecule has 7 nitrogen and oxygen atoms in total. The summed E-state index contributed by atoms with van der Waals surface area (Å²) in [5.74, 6) is 0.396. The number of carbonyl (C=O) groups is 1. The van der Waals surface area contributed by atoms with Gasteiger partial charge in [0, 0.05) is 5.75 Å². The third-order valence-corrected chi connectivity index (χ3v) is 26.8. The molecule has 0 saturated heterocycles. The van der Waals surface area contributed by atoms with Crippen molar-refractivity contribution in [1.29, 1.82) is 0 Å². The predicted octanol–water partition coefficient (Wildman–Crippen LogP) is 9.17. The average molecular weight is 709 g/mol. The molecule has 0 fully saturated rings. The van der Waals surface area contributed by atoms with Crippen LogP contribution in [0.25, 0.3) is 0 Å². The number of hydrogen-bond donors (Lipinski definition) is 0. The first-order valence-corrected chi connectivity index (χ1v) is 31.1. The number of hydrogen-bond acceptors (Lipinski definition) is 9. The van der Waals surface area contributed by atoms with Crippen molar-refractivity contribution >= 4 is 76.6 Å². The summed E-state index contributed by atoms with van der Waals surface area (Å²) < 4.78 is 38.1. The number of carbonyl (C=O) groups excluding carboxylic acids is 1. The van der Waals surface area contributed by atoms with Gasteiger partial charge in [-0.2, -0.15) is 0 Å². The monoisotopic (exact) mass is 708 g/mol. The van der Waals surface area contributed by atoms with Crippen LogP contribution < -0.4 is 0 Å². The molecule has 0 N–H and O–H groups in total. The first-order chi connectivity index (χ1) is 19.2. The van der Waals surface area contributed by atoms with Crippen LogP contribution in [0.4, 0.5) is 0 Å². The SMILES string of the molecule is CCCC[Si](C)(C)O[Si](C)(C)O[Si](C)(C)O[Si](C)(C)O[Si](C)(C)CCCOC(=O)c1ccc(CSC(=S)OCC)cc1. The molecule has 0 spiro atoms. The third kappa shape index (κ3) is 17.4. The fourth-order valence-electron chi connectivity index (χ4n) is 5.07. The van der Waals surface area contributed by atoms with Crippen LogP contribution >= 0.6 is 24.0 Å². The van der Waals surface area contributed by atoms with Gasteiger partial charge in [-0.3, -0.25) is 0 Å². The van der Waals surface area contributed by atoms with Gasteiger partial charge in [-0.1, -0.05) is 43.7 Å². The Morgan fingerprint density at radius 2 is 1.19 bits per heavy atom. The van der Waals surface area contributed by atoms with Crippen molar-refractivity contribution in [3.8, 4) is 0 Å². The zero-order valence-electron chi connectivity index (χ0n) is 28.1. The molecule has 0 aliphatic carbocycles. The summed E-state index contributed by atoms with van der Waals surface area (Å²) in [6.45, 7) is 26.8. The molecule has 0 aliphatic heterocycles. The van der Waals surface area contributed by atoms with E-state index < -0.39 is 42.3 Å². The minimum atomic E-state index is -2.48. The van der Waals surface area contributed by atoms with Crippen molar-refractivity contribution in [3.63, 3.8) is 0 Å². The van der Waals surface area contributed by atoms with E-state index >= 15 is 0 Å². The smallest absolute Gasteiger partial charge is 0.338 e. The minimum Gasteiger partial charge on any atom is -0.479 e. The first kappa shape index (κ1) is 39.9. The second-order valence-electron chi connectivity index (χ2n) is 13.1. The number of ether oxygens (including phenoxy) is 2. The molecule has 1 rings (SSSR count). The maximum atomic E-state index is 12.6. The van der Waals surface area contributed by atoms with Gasteiger partial charge >= 0.3 is 31.7 Å². The Labute approximate surface area is 271 Å². The van der Waals surface area contributed by atoms with Crippen molar-refractivity contribution in [2.45, 2.75) is 116 Å². The van der Waals surface area contributed by atoms with Gasteiger partial charge < -0.3 is 25.9 Å². The predicted molar refractivity (Wildman–Crippen MR) is 193 cm³/mol. The Hall–Kier alpha value is -0.146. The van der Waals surface area contributed by atoms with Crippen LogP contribution in [0.1, 0.15) is 49.0 Å². The Bertz CT molecular complexity index is 989. The van der Waals surface area contributed by atoms with Crippen molar-refractivity contribution in [1.82, 2.24) is 0 Å². The number of thioether (sulfide) groups is 1. The van der Waals surface area contributed by atoms with E-state index in [0.717, 1.165) is 24.1 Å². The lowest BCUT2D eigenvalue weighted by atomic mass is 10.1. The highest BCUT2D eigenvalue weighted by atomic mass is 32.2. The molecular weight excluding hydrogens is 653 g/mol. The third-order valence-electron chi connectivity index (χ3n) is 6.12. The number of thiocarbonyl (C=S) groups is 1. The summed E-state index contributed by atoms with van der Waals surface area (Å²) >= 11 is 6.62. The molecule has 1 aromatic carbocycles. The highest BCUT2D eigenvalue weighted by Crippen LogP contribution is 2.28. The van der Waals surface area contributed by atoms with Gasteiger partial charge in [0.25, 0.3) is 0 Å². The van der Waals surface area contributed by atoms with Gasteiger partial charge in [-0.15, -0.1) is 0 Å². The molecule has 0 heterocycles. The van der Waals surface area contributed by atoms with E-state index in [4.69, 9.17) is 38.2 Å². The fraction of sp³-hybridized carbons (Fsp3) is 0.714. The summed E-state index contributed by atoms with van der Waals surface area (Å²) in [5.41, 5.74) is 1.62. The van der Waals surface area contributed by atoms with Crippen LogP contribution in [0.2, 0.25) is 77.6 Å². The van der Waals surface area contributed by atoms with Crippen molar-refractivity contribution in [2.24, 2.45) is 0 Å². The fourth-order valence-corrected chi connectivity index (χ4v) is 30.8. The lowest BCUT2D eigenvalue weighted by molar-refractivity contribution is 0.0503. The summed E-state index contributed by atoms with van der Waals surface area (Å²) in [5, 5.41) is 0. The molecule has 0 unspecified atom stereocenters. The lowest BCUT2D eigenvalue weighted by Gasteiger charge is -2.42. The summed E-state index contributed by atoms with van der Waals surface area (Å²) in [6.07, 6.45) is 3.14. The van der Waals surface area contributed by atoms with E-state index in [2.05, 4.69) is 72.4 Å². The van der Waals surface area contributed by atoms with Crippen LogP contribution in [-0.4, -0.2) is 65.9 Å². The Balaban J connectivity index is 2.55. The molecule has 1 aromatic rings. The number of esters is 1. The molecule has 242 valence electrons. The van der Waals surface area contributed by atoms with E-state index in [9.17, 15) is 4.79 Å². The number of rotatable bonds is 19. The van der Waals surface area contributed by atoms with Crippen molar-refractivity contribution < 1.29 is 30.7 Å². The largest absolute Gasteiger partial charge is 0.479 e. The van der Waals surface area contributed by atoms with Crippen LogP contribution in [0, 0.1) is 0 Å². The molecule has 0 aromatic heterocycles. The quantitative estimate of drug-likeness (QED) is 0.0606. The van der Waals surface area contributed by atoms with E-state index in [1.807, 2.05) is 19.1 Å². The Morgan fingerprint density at radius 1 is 0.714 bits per heavy atom. The maximum Gasteiger partial charge on any atom is 0.338 e. The standard InChI is InChI=1S/C28H56O7S2Si5/c1-13-15-22-38(3,4)32-40(7,8)34-42(11,12)35-41(9,10)33-39(5,6)23-16-21-31-27(29)26-19-17-25(18-20-26)24-37-28(36)30-14-2/h17-20H,13-16,21-24H2,1-12H3. The summed E-state index contributed by atoms with van der Waals surface area (Å²) in [7, 11) is -11.1. The molecule has 0 bridgehead atoms. The highest BCUT2D eigenvalue weighted by molar-refractivity contribution is 8.22. The maximum absolute atomic E-state index is 12.6. The number of benzene rings is 1. The van der Waals surface area contributed by atoms with Gasteiger partial charge in [-0.05, 0) is 121 Å². The van der Waals surface area contributed by atoms with Crippen LogP contribution in [0.15, 0.2) is 24.3 Å². The molecule has 0 atom stereocenters. The highest BCUT2D eigenvalue weighted by Gasteiger charge is 2.45. The van der Waals surface area contributed by atoms with Gasteiger partial charge in [0.15, 0.2) is 16.6 Å². The minimum absolute atomic E-state index is 0.308. The van der Waals surface area contributed by atoms with Crippen LogP contribution in [-0.2, 0) is 31.7 Å². The van der Waals surface area contributed by atoms with Gasteiger partial charge in [0.2, 0.25) is 4.38 Å². The van der Waals surface area contributed by atoms with E-state index in [-0.39, 0.29) is 5.97 Å². The van der Waals surface area contributed by atoms with Crippen molar-refractivity contribution in [3.05, 3.63) is 35.4 Å². The zero-order valence-corrected chi connectivity index (χ0v) is 34.8. The molecule has 0 amide bonds. The molecule has 0 saturated carbocycles. The average Bonchev–Trinajstić information content (AvgIpc) is 2.81.